The van der Waals surface area contributed by atoms with Crippen LogP contribution in [0, 0.1) is 13.8 Å². The second-order valence-electron chi connectivity index (χ2n) is 6.29. The maximum atomic E-state index is 6.74. The molecule has 0 amide bonds. The summed E-state index contributed by atoms with van der Waals surface area (Å²) in [6.07, 6.45) is 6.73. The van der Waals surface area contributed by atoms with Gasteiger partial charge in [-0.15, -0.1) is 0 Å². The van der Waals surface area contributed by atoms with Crippen molar-refractivity contribution in [1.29, 1.82) is 0 Å². The van der Waals surface area contributed by atoms with Gasteiger partial charge in [0.25, 0.3) is 0 Å². The molecule has 0 N–H and O–H groups in total. The third-order valence-corrected chi connectivity index (χ3v) is 5.16. The topological polar surface area (TPSA) is 43.1 Å². The van der Waals surface area contributed by atoms with Gasteiger partial charge in [0.15, 0.2) is 5.65 Å². The zero-order chi connectivity index (χ0) is 16.0. The largest absolute Gasteiger partial charge is 0.256 e. The van der Waals surface area contributed by atoms with Crippen LogP contribution < -0.4 is 0 Å². The molecule has 0 saturated heterocycles. The van der Waals surface area contributed by atoms with E-state index in [0.717, 1.165) is 28.3 Å². The van der Waals surface area contributed by atoms with Crippen LogP contribution in [0.3, 0.4) is 0 Å². The molecule has 1 aliphatic rings. The molecule has 0 atom stereocenters. The Morgan fingerprint density at radius 1 is 1.13 bits per heavy atom. The zero-order valence-electron chi connectivity index (χ0n) is 13.4. The first-order valence-corrected chi connectivity index (χ1v) is 8.51. The molecular weight excluding hydrogens is 308 g/mol. The third-order valence-electron chi connectivity index (χ3n) is 4.79. The second kappa shape index (κ2) is 5.60. The van der Waals surface area contributed by atoms with Gasteiger partial charge in [0.1, 0.15) is 5.15 Å². The van der Waals surface area contributed by atoms with Gasteiger partial charge in [-0.25, -0.2) is 9.50 Å². The van der Waals surface area contributed by atoms with E-state index in [1.165, 1.54) is 31.2 Å². The van der Waals surface area contributed by atoms with E-state index in [1.54, 1.807) is 10.7 Å². The van der Waals surface area contributed by atoms with Crippen LogP contribution in [-0.4, -0.2) is 19.6 Å². The summed E-state index contributed by atoms with van der Waals surface area (Å²) in [5, 5.41) is 5.36. The van der Waals surface area contributed by atoms with Crippen LogP contribution in [0.15, 0.2) is 24.4 Å². The lowest BCUT2D eigenvalue weighted by Crippen LogP contribution is -2.06. The van der Waals surface area contributed by atoms with Gasteiger partial charge in [-0.1, -0.05) is 30.5 Å². The van der Waals surface area contributed by atoms with Gasteiger partial charge in [0.05, 0.1) is 17.0 Å². The SMILES string of the molecule is Cc1nc2c(-c3ccccn3)c(C)nn2c(Cl)c1C1CCCC1. The molecule has 3 aromatic heterocycles. The fourth-order valence-corrected chi connectivity index (χ4v) is 4.14. The number of nitrogens with zero attached hydrogens (tertiary/aromatic N) is 4. The Morgan fingerprint density at radius 3 is 2.61 bits per heavy atom. The number of halogens is 1. The Balaban J connectivity index is 1.97. The molecule has 3 heterocycles. The summed E-state index contributed by atoms with van der Waals surface area (Å²) in [6.45, 7) is 4.05. The molecule has 23 heavy (non-hydrogen) atoms. The first kappa shape index (κ1) is 14.6. The maximum absolute atomic E-state index is 6.74. The van der Waals surface area contributed by atoms with Crippen LogP contribution in [0.5, 0.6) is 0 Å². The van der Waals surface area contributed by atoms with Crippen LogP contribution in [0.1, 0.15) is 48.6 Å². The van der Waals surface area contributed by atoms with E-state index in [-0.39, 0.29) is 0 Å². The van der Waals surface area contributed by atoms with E-state index in [4.69, 9.17) is 16.6 Å². The molecule has 0 aromatic carbocycles. The van der Waals surface area contributed by atoms with Crippen LogP contribution in [0.4, 0.5) is 0 Å². The zero-order valence-corrected chi connectivity index (χ0v) is 14.1. The Hall–Kier alpha value is -1.94. The molecule has 1 fully saturated rings. The highest BCUT2D eigenvalue weighted by atomic mass is 35.5. The molecule has 0 spiro atoms. The minimum atomic E-state index is 0.516. The van der Waals surface area contributed by atoms with Crippen molar-refractivity contribution in [1.82, 2.24) is 19.6 Å². The van der Waals surface area contributed by atoms with E-state index in [9.17, 15) is 0 Å². The highest BCUT2D eigenvalue weighted by Gasteiger charge is 2.26. The van der Waals surface area contributed by atoms with Crippen LogP contribution in [0.2, 0.25) is 5.15 Å². The summed E-state index contributed by atoms with van der Waals surface area (Å²) >= 11 is 6.74. The van der Waals surface area contributed by atoms with Gasteiger partial charge in [0, 0.05) is 17.5 Å². The van der Waals surface area contributed by atoms with E-state index >= 15 is 0 Å². The van der Waals surface area contributed by atoms with Crippen molar-refractivity contribution < 1.29 is 0 Å². The number of pyridine rings is 1. The quantitative estimate of drug-likeness (QED) is 0.640. The monoisotopic (exact) mass is 326 g/mol. The standard InChI is InChI=1S/C18H19ClN4/c1-11-15(13-7-3-4-8-13)17(19)23-18(21-11)16(12(2)22-23)14-9-5-6-10-20-14/h5-6,9-10,13H,3-4,7-8H2,1-2H3. The summed E-state index contributed by atoms with van der Waals surface area (Å²) < 4.78 is 1.79. The smallest absolute Gasteiger partial charge is 0.166 e. The average Bonchev–Trinajstić information content (AvgIpc) is 3.16. The number of aromatic nitrogens is 4. The molecule has 0 bridgehead atoms. The molecule has 4 rings (SSSR count). The molecular formula is C18H19ClN4. The Bertz CT molecular complexity index is 864. The number of hydrogen-bond acceptors (Lipinski definition) is 3. The number of hydrogen-bond donors (Lipinski definition) is 0. The van der Waals surface area contributed by atoms with Gasteiger partial charge in [-0.2, -0.15) is 5.10 Å². The number of fused-ring (bicyclic) bond motifs is 1. The lowest BCUT2D eigenvalue weighted by Gasteiger charge is -2.15. The fourth-order valence-electron chi connectivity index (χ4n) is 3.73. The van der Waals surface area contributed by atoms with Crippen LogP contribution >= 0.6 is 11.6 Å². The third kappa shape index (κ3) is 2.32. The van der Waals surface area contributed by atoms with Crippen molar-refractivity contribution in [3.8, 4) is 11.3 Å². The van der Waals surface area contributed by atoms with Crippen LogP contribution in [-0.2, 0) is 0 Å². The van der Waals surface area contributed by atoms with Crippen molar-refractivity contribution in [3.63, 3.8) is 0 Å². The van der Waals surface area contributed by atoms with Gasteiger partial charge in [-0.05, 0) is 44.7 Å². The molecule has 0 aliphatic heterocycles. The highest BCUT2D eigenvalue weighted by Crippen LogP contribution is 2.40. The summed E-state index contributed by atoms with van der Waals surface area (Å²) in [4.78, 5) is 9.31. The van der Waals surface area contributed by atoms with Gasteiger partial charge < -0.3 is 0 Å². The Labute approximate surface area is 140 Å². The molecule has 5 heteroatoms. The molecule has 1 saturated carbocycles. The van der Waals surface area contributed by atoms with Gasteiger partial charge >= 0.3 is 0 Å². The molecule has 0 radical (unpaired) electrons. The predicted octanol–water partition coefficient (Wildman–Crippen LogP) is 4.72. The molecule has 118 valence electrons. The number of aryl methyl sites for hydroxylation is 2. The lowest BCUT2D eigenvalue weighted by atomic mass is 9.98. The van der Waals surface area contributed by atoms with Crippen molar-refractivity contribution in [3.05, 3.63) is 46.5 Å². The summed E-state index contributed by atoms with van der Waals surface area (Å²) in [5.41, 5.74) is 5.75. The Kier molecular flexibility index (Phi) is 3.57. The van der Waals surface area contributed by atoms with Crippen molar-refractivity contribution in [2.45, 2.75) is 45.4 Å². The van der Waals surface area contributed by atoms with Gasteiger partial charge in [-0.3, -0.25) is 4.98 Å². The van der Waals surface area contributed by atoms with E-state index in [2.05, 4.69) is 17.0 Å². The summed E-state index contributed by atoms with van der Waals surface area (Å²) in [5.74, 6) is 0.516. The van der Waals surface area contributed by atoms with E-state index < -0.39 is 0 Å². The Morgan fingerprint density at radius 2 is 1.91 bits per heavy atom. The van der Waals surface area contributed by atoms with Crippen molar-refractivity contribution in [2.75, 3.05) is 0 Å². The lowest BCUT2D eigenvalue weighted by molar-refractivity contribution is 0.699. The van der Waals surface area contributed by atoms with E-state index in [0.29, 0.717) is 11.1 Å². The average molecular weight is 327 g/mol. The van der Waals surface area contributed by atoms with Crippen molar-refractivity contribution in [2.24, 2.45) is 0 Å². The first-order chi connectivity index (χ1) is 11.2. The summed E-state index contributed by atoms with van der Waals surface area (Å²) in [7, 11) is 0. The van der Waals surface area contributed by atoms with E-state index in [1.807, 2.05) is 25.1 Å². The van der Waals surface area contributed by atoms with Gasteiger partial charge in [0.2, 0.25) is 0 Å². The summed E-state index contributed by atoms with van der Waals surface area (Å²) in [6, 6.07) is 5.88. The molecule has 1 aliphatic carbocycles. The second-order valence-corrected chi connectivity index (χ2v) is 6.65. The molecule has 4 nitrogen and oxygen atoms in total. The molecule has 0 unspecified atom stereocenters. The normalized spacial score (nSPS) is 15.6. The van der Waals surface area contributed by atoms with Crippen molar-refractivity contribution >= 4 is 17.2 Å². The number of rotatable bonds is 2. The highest BCUT2D eigenvalue weighted by molar-refractivity contribution is 6.30. The predicted molar refractivity (Wildman–Crippen MR) is 91.9 cm³/mol. The maximum Gasteiger partial charge on any atom is 0.166 e. The molecule has 3 aromatic rings. The first-order valence-electron chi connectivity index (χ1n) is 8.13. The van der Waals surface area contributed by atoms with Crippen LogP contribution in [0.25, 0.3) is 16.9 Å². The minimum absolute atomic E-state index is 0.516. The fraction of sp³-hybridized carbons (Fsp3) is 0.389. The minimum Gasteiger partial charge on any atom is -0.256 e.